The van der Waals surface area contributed by atoms with Crippen LogP contribution in [0, 0.1) is 0 Å². The SMILES string of the molecule is CCCNC(C)c1cccn1CC(=O)N(C)C. The van der Waals surface area contributed by atoms with Crippen LogP contribution in [-0.4, -0.2) is 36.0 Å². The van der Waals surface area contributed by atoms with Crippen LogP contribution in [0.15, 0.2) is 18.3 Å². The van der Waals surface area contributed by atoms with E-state index in [1.807, 2.05) is 16.8 Å². The van der Waals surface area contributed by atoms with E-state index < -0.39 is 0 Å². The molecule has 1 N–H and O–H groups in total. The van der Waals surface area contributed by atoms with Crippen LogP contribution in [-0.2, 0) is 11.3 Å². The molecule has 1 heterocycles. The normalized spacial score (nSPS) is 12.5. The van der Waals surface area contributed by atoms with Crippen LogP contribution in [0.3, 0.4) is 0 Å². The van der Waals surface area contributed by atoms with E-state index in [9.17, 15) is 4.79 Å². The molecule has 0 aliphatic carbocycles. The van der Waals surface area contributed by atoms with Crippen molar-refractivity contribution in [3.05, 3.63) is 24.0 Å². The van der Waals surface area contributed by atoms with Crippen LogP contribution in [0.5, 0.6) is 0 Å². The molecular formula is C13H23N3O. The molecule has 1 aromatic rings. The molecule has 4 nitrogen and oxygen atoms in total. The van der Waals surface area contributed by atoms with Crippen molar-refractivity contribution in [2.24, 2.45) is 0 Å². The molecule has 0 fully saturated rings. The molecule has 1 rings (SSSR count). The van der Waals surface area contributed by atoms with Gasteiger partial charge < -0.3 is 14.8 Å². The van der Waals surface area contributed by atoms with Crippen LogP contribution in [0.2, 0.25) is 0 Å². The summed E-state index contributed by atoms with van der Waals surface area (Å²) in [5, 5.41) is 3.43. The van der Waals surface area contributed by atoms with Crippen molar-refractivity contribution in [1.29, 1.82) is 0 Å². The Morgan fingerprint density at radius 2 is 2.24 bits per heavy atom. The Kier molecular flexibility index (Phi) is 5.22. The van der Waals surface area contributed by atoms with Crippen LogP contribution in [0.1, 0.15) is 32.0 Å². The highest BCUT2D eigenvalue weighted by molar-refractivity contribution is 5.75. The molecule has 1 atom stereocenters. The van der Waals surface area contributed by atoms with E-state index in [2.05, 4.69) is 25.2 Å². The second-order valence-corrected chi connectivity index (χ2v) is 4.52. The number of hydrogen-bond acceptors (Lipinski definition) is 2. The van der Waals surface area contributed by atoms with Gasteiger partial charge in [-0.25, -0.2) is 0 Å². The molecule has 96 valence electrons. The van der Waals surface area contributed by atoms with Crippen molar-refractivity contribution < 1.29 is 4.79 Å². The van der Waals surface area contributed by atoms with Crippen molar-refractivity contribution in [2.75, 3.05) is 20.6 Å². The number of hydrogen-bond donors (Lipinski definition) is 1. The number of carbonyl (C=O) groups excluding carboxylic acids is 1. The summed E-state index contributed by atoms with van der Waals surface area (Å²) < 4.78 is 2.01. The maximum atomic E-state index is 11.7. The van der Waals surface area contributed by atoms with Crippen molar-refractivity contribution in [1.82, 2.24) is 14.8 Å². The summed E-state index contributed by atoms with van der Waals surface area (Å²) in [5.74, 6) is 0.116. The fraction of sp³-hybridized carbons (Fsp3) is 0.615. The second kappa shape index (κ2) is 6.45. The third-order valence-corrected chi connectivity index (χ3v) is 2.81. The number of amides is 1. The molecule has 1 aromatic heterocycles. The Morgan fingerprint density at radius 1 is 1.53 bits per heavy atom. The van der Waals surface area contributed by atoms with Crippen molar-refractivity contribution in [3.8, 4) is 0 Å². The van der Waals surface area contributed by atoms with Crippen LogP contribution in [0.25, 0.3) is 0 Å². The quantitative estimate of drug-likeness (QED) is 0.816. The number of carbonyl (C=O) groups is 1. The molecule has 4 heteroatoms. The molecular weight excluding hydrogens is 214 g/mol. The first-order chi connectivity index (χ1) is 8.06. The number of likely N-dealkylation sites (N-methyl/N-ethyl adjacent to an activating group) is 1. The summed E-state index contributed by atoms with van der Waals surface area (Å²) in [6.07, 6.45) is 3.07. The lowest BCUT2D eigenvalue weighted by molar-refractivity contribution is -0.129. The number of nitrogens with zero attached hydrogens (tertiary/aromatic N) is 2. The highest BCUT2D eigenvalue weighted by Crippen LogP contribution is 2.13. The zero-order chi connectivity index (χ0) is 12.8. The minimum Gasteiger partial charge on any atom is -0.347 e. The summed E-state index contributed by atoms with van der Waals surface area (Å²) in [4.78, 5) is 13.3. The minimum absolute atomic E-state index is 0.116. The summed E-state index contributed by atoms with van der Waals surface area (Å²) in [5.41, 5.74) is 1.16. The largest absolute Gasteiger partial charge is 0.347 e. The smallest absolute Gasteiger partial charge is 0.241 e. The van der Waals surface area contributed by atoms with E-state index in [-0.39, 0.29) is 11.9 Å². The summed E-state index contributed by atoms with van der Waals surface area (Å²) in [7, 11) is 3.56. The molecule has 0 saturated carbocycles. The molecule has 0 radical (unpaired) electrons. The van der Waals surface area contributed by atoms with Gasteiger partial charge in [0.2, 0.25) is 5.91 Å². The zero-order valence-corrected chi connectivity index (χ0v) is 11.2. The summed E-state index contributed by atoms with van der Waals surface area (Å²) >= 11 is 0. The standard InChI is InChI=1S/C13H23N3O/c1-5-8-14-11(2)12-7-6-9-16(12)10-13(17)15(3)4/h6-7,9,11,14H,5,8,10H2,1-4H3. The van der Waals surface area contributed by atoms with E-state index in [1.54, 1.807) is 19.0 Å². The third-order valence-electron chi connectivity index (χ3n) is 2.81. The lowest BCUT2D eigenvalue weighted by atomic mass is 10.2. The molecule has 0 spiro atoms. The predicted octanol–water partition coefficient (Wildman–Crippen LogP) is 1.64. The van der Waals surface area contributed by atoms with Crippen molar-refractivity contribution in [3.63, 3.8) is 0 Å². The average molecular weight is 237 g/mol. The van der Waals surface area contributed by atoms with Gasteiger partial charge in [0, 0.05) is 32.0 Å². The van der Waals surface area contributed by atoms with Crippen molar-refractivity contribution >= 4 is 5.91 Å². The van der Waals surface area contributed by atoms with Gasteiger partial charge in [-0.05, 0) is 32.0 Å². The van der Waals surface area contributed by atoms with Gasteiger partial charge in [0.05, 0.1) is 0 Å². The fourth-order valence-corrected chi connectivity index (χ4v) is 1.72. The van der Waals surface area contributed by atoms with Gasteiger partial charge >= 0.3 is 0 Å². The first-order valence-corrected chi connectivity index (χ1v) is 6.14. The number of aromatic nitrogens is 1. The second-order valence-electron chi connectivity index (χ2n) is 4.52. The van der Waals surface area contributed by atoms with Gasteiger partial charge in [0.1, 0.15) is 6.54 Å². The number of rotatable bonds is 6. The maximum absolute atomic E-state index is 11.7. The lowest BCUT2D eigenvalue weighted by Crippen LogP contribution is -2.28. The molecule has 0 saturated heterocycles. The Bertz CT molecular complexity index is 357. The monoisotopic (exact) mass is 237 g/mol. The Morgan fingerprint density at radius 3 is 2.82 bits per heavy atom. The summed E-state index contributed by atoms with van der Waals surface area (Å²) in [6, 6.07) is 4.33. The Balaban J connectivity index is 2.68. The Labute approximate surface area is 104 Å². The van der Waals surface area contributed by atoms with E-state index in [1.165, 1.54) is 0 Å². The van der Waals surface area contributed by atoms with Gasteiger partial charge in [-0.1, -0.05) is 6.92 Å². The maximum Gasteiger partial charge on any atom is 0.241 e. The highest BCUT2D eigenvalue weighted by Gasteiger charge is 2.12. The topological polar surface area (TPSA) is 37.3 Å². The van der Waals surface area contributed by atoms with E-state index in [0.717, 1.165) is 18.7 Å². The minimum atomic E-state index is 0.116. The fourth-order valence-electron chi connectivity index (χ4n) is 1.72. The van der Waals surface area contributed by atoms with Gasteiger partial charge in [0.25, 0.3) is 0 Å². The molecule has 1 amide bonds. The summed E-state index contributed by atoms with van der Waals surface area (Å²) in [6.45, 7) is 5.68. The van der Waals surface area contributed by atoms with Gasteiger partial charge in [0.15, 0.2) is 0 Å². The molecule has 17 heavy (non-hydrogen) atoms. The zero-order valence-electron chi connectivity index (χ0n) is 11.2. The Hall–Kier alpha value is -1.29. The van der Waals surface area contributed by atoms with Crippen LogP contribution in [0.4, 0.5) is 0 Å². The molecule has 0 aliphatic rings. The first kappa shape index (κ1) is 13.8. The molecule has 1 unspecified atom stereocenters. The lowest BCUT2D eigenvalue weighted by Gasteiger charge is -2.18. The van der Waals surface area contributed by atoms with Crippen LogP contribution >= 0.6 is 0 Å². The van der Waals surface area contributed by atoms with E-state index in [4.69, 9.17) is 0 Å². The third kappa shape index (κ3) is 3.89. The van der Waals surface area contributed by atoms with Gasteiger partial charge in [-0.3, -0.25) is 4.79 Å². The van der Waals surface area contributed by atoms with E-state index >= 15 is 0 Å². The molecule has 0 aliphatic heterocycles. The first-order valence-electron chi connectivity index (χ1n) is 6.14. The molecule has 0 bridgehead atoms. The molecule has 0 aromatic carbocycles. The number of nitrogens with one attached hydrogen (secondary N) is 1. The highest BCUT2D eigenvalue weighted by atomic mass is 16.2. The predicted molar refractivity (Wildman–Crippen MR) is 69.8 cm³/mol. The van der Waals surface area contributed by atoms with Gasteiger partial charge in [-0.15, -0.1) is 0 Å². The van der Waals surface area contributed by atoms with Crippen molar-refractivity contribution in [2.45, 2.75) is 32.9 Å². The van der Waals surface area contributed by atoms with Gasteiger partial charge in [-0.2, -0.15) is 0 Å². The van der Waals surface area contributed by atoms with Crippen LogP contribution < -0.4 is 5.32 Å². The van der Waals surface area contributed by atoms with E-state index in [0.29, 0.717) is 6.54 Å². The average Bonchev–Trinajstić information content (AvgIpc) is 2.73.